The van der Waals surface area contributed by atoms with Crippen LogP contribution >= 0.6 is 0 Å². The molecular formula is C31H36N4O8. The summed E-state index contributed by atoms with van der Waals surface area (Å²) in [4.78, 5) is 45.7. The summed E-state index contributed by atoms with van der Waals surface area (Å²) in [5.41, 5.74) is 2.80. The molecule has 4 atom stereocenters. The number of ketones is 2. The number of fused-ring (bicyclic) bond motifs is 3. The Morgan fingerprint density at radius 1 is 1.09 bits per heavy atom. The molecule has 43 heavy (non-hydrogen) atoms. The fourth-order valence-corrected chi connectivity index (χ4v) is 7.32. The zero-order chi connectivity index (χ0) is 31.0. The number of likely N-dealkylation sites (N-methyl/N-ethyl adjacent to an activating group) is 2. The first kappa shape index (κ1) is 29.1. The van der Waals surface area contributed by atoms with Crippen molar-refractivity contribution in [2.75, 3.05) is 47.3 Å². The molecule has 0 saturated carbocycles. The molecule has 1 aliphatic heterocycles. The number of phenolic OH excluding ortho intramolecular Hbond substituents is 1. The Kier molecular flexibility index (Phi) is 7.00. The number of rotatable bonds is 5. The van der Waals surface area contributed by atoms with Crippen molar-refractivity contribution in [1.29, 1.82) is 0 Å². The zero-order valence-electron chi connectivity index (χ0n) is 24.3. The summed E-state index contributed by atoms with van der Waals surface area (Å²) in [6.07, 6.45) is 0.209. The summed E-state index contributed by atoms with van der Waals surface area (Å²) < 4.78 is 6.23. The highest BCUT2D eigenvalue weighted by molar-refractivity contribution is 6.24. The van der Waals surface area contributed by atoms with Gasteiger partial charge in [-0.15, -0.1) is 0 Å². The van der Waals surface area contributed by atoms with Crippen LogP contribution in [-0.4, -0.2) is 112 Å². The molecule has 3 aliphatic carbocycles. The van der Waals surface area contributed by atoms with Gasteiger partial charge >= 0.3 is 0 Å². The van der Waals surface area contributed by atoms with Crippen molar-refractivity contribution in [2.24, 2.45) is 17.6 Å². The van der Waals surface area contributed by atoms with Gasteiger partial charge in [0.15, 0.2) is 11.4 Å². The topological polar surface area (TPSA) is 181 Å². The predicted molar refractivity (Wildman–Crippen MR) is 154 cm³/mol. The van der Waals surface area contributed by atoms with Crippen LogP contribution in [0.15, 0.2) is 51.3 Å². The SMILES string of the molecule is CN1CCN(Cc2ccc(-c3ccc(O)c4c3C[C@H]3C[C@H]5C(N(C)C)C(O)=C(C(N)=O)C(=O)[C@@]5(O)C(O)=C3C4=O)o2)CC1. The number of nitrogens with two attached hydrogens (primary N) is 1. The molecule has 0 spiro atoms. The van der Waals surface area contributed by atoms with E-state index < -0.39 is 58.0 Å². The smallest absolute Gasteiger partial charge is 0.255 e. The number of benzene rings is 1. The minimum absolute atomic E-state index is 0.0215. The average Bonchev–Trinajstić information content (AvgIpc) is 3.40. The highest BCUT2D eigenvalue weighted by Gasteiger charge is 2.63. The molecule has 12 nitrogen and oxygen atoms in total. The molecule has 0 bridgehead atoms. The third-order valence-electron chi connectivity index (χ3n) is 9.51. The maximum atomic E-state index is 14.0. The Morgan fingerprint density at radius 2 is 1.79 bits per heavy atom. The Balaban J connectivity index is 1.41. The number of hydrogen-bond acceptors (Lipinski definition) is 11. The van der Waals surface area contributed by atoms with Gasteiger partial charge in [0.1, 0.15) is 34.4 Å². The van der Waals surface area contributed by atoms with Gasteiger partial charge in [0.05, 0.1) is 18.2 Å². The van der Waals surface area contributed by atoms with Crippen molar-refractivity contribution in [3.8, 4) is 17.1 Å². The Hall–Kier alpha value is -3.97. The van der Waals surface area contributed by atoms with Gasteiger partial charge in [0.2, 0.25) is 5.78 Å². The summed E-state index contributed by atoms with van der Waals surface area (Å²) in [6, 6.07) is 5.76. The van der Waals surface area contributed by atoms with Crippen molar-refractivity contribution in [2.45, 2.75) is 31.0 Å². The molecule has 12 heteroatoms. The molecule has 2 heterocycles. The molecule has 6 rings (SSSR count). The number of aliphatic hydroxyl groups excluding tert-OH is 2. The summed E-state index contributed by atoms with van der Waals surface area (Å²) >= 11 is 0. The number of aliphatic hydroxyl groups is 3. The molecule has 1 amide bonds. The lowest BCUT2D eigenvalue weighted by Crippen LogP contribution is -2.63. The van der Waals surface area contributed by atoms with Gasteiger partial charge in [0, 0.05) is 43.2 Å². The number of carbonyl (C=O) groups is 3. The van der Waals surface area contributed by atoms with E-state index in [9.17, 15) is 34.8 Å². The molecular weight excluding hydrogens is 556 g/mol. The number of carbonyl (C=O) groups excluding carboxylic acids is 3. The molecule has 1 aromatic carbocycles. The highest BCUT2D eigenvalue weighted by Crippen LogP contribution is 2.53. The molecule has 4 aliphatic rings. The second kappa shape index (κ2) is 10.3. The molecule has 2 aromatic rings. The lowest BCUT2D eigenvalue weighted by atomic mass is 9.58. The van der Waals surface area contributed by atoms with Crippen LogP contribution in [-0.2, 0) is 22.6 Å². The first-order valence-corrected chi connectivity index (χ1v) is 14.3. The number of piperazine rings is 1. The van der Waals surface area contributed by atoms with Crippen LogP contribution in [0.1, 0.15) is 28.1 Å². The van der Waals surface area contributed by atoms with Crippen LogP contribution in [0, 0.1) is 11.8 Å². The van der Waals surface area contributed by atoms with Crippen molar-refractivity contribution in [3.05, 3.63) is 63.8 Å². The van der Waals surface area contributed by atoms with Gasteiger partial charge in [-0.25, -0.2) is 0 Å². The van der Waals surface area contributed by atoms with E-state index in [0.29, 0.717) is 23.4 Å². The van der Waals surface area contributed by atoms with E-state index in [-0.39, 0.29) is 29.7 Å². The largest absolute Gasteiger partial charge is 0.510 e. The van der Waals surface area contributed by atoms with E-state index in [1.165, 1.54) is 11.0 Å². The molecule has 1 fully saturated rings. The second-order valence-electron chi connectivity index (χ2n) is 12.3. The minimum Gasteiger partial charge on any atom is -0.510 e. The second-order valence-corrected chi connectivity index (χ2v) is 12.3. The lowest BCUT2D eigenvalue weighted by molar-refractivity contribution is -0.148. The fraction of sp³-hybridized carbons (Fsp3) is 0.452. The van der Waals surface area contributed by atoms with Crippen LogP contribution < -0.4 is 5.73 Å². The highest BCUT2D eigenvalue weighted by atomic mass is 16.4. The van der Waals surface area contributed by atoms with Gasteiger partial charge < -0.3 is 35.5 Å². The molecule has 228 valence electrons. The summed E-state index contributed by atoms with van der Waals surface area (Å²) in [5.74, 6) is -5.48. The number of amides is 1. The normalized spacial score (nSPS) is 28.3. The zero-order valence-corrected chi connectivity index (χ0v) is 24.3. The van der Waals surface area contributed by atoms with Crippen molar-refractivity contribution < 1.29 is 39.2 Å². The van der Waals surface area contributed by atoms with E-state index in [1.807, 2.05) is 12.1 Å². The summed E-state index contributed by atoms with van der Waals surface area (Å²) in [5, 5.41) is 45.0. The Bertz CT molecular complexity index is 1600. The molecule has 1 unspecified atom stereocenters. The van der Waals surface area contributed by atoms with Gasteiger partial charge in [-0.2, -0.15) is 0 Å². The number of phenols is 1. The number of primary amides is 1. The Morgan fingerprint density at radius 3 is 2.44 bits per heavy atom. The van der Waals surface area contributed by atoms with Gasteiger partial charge in [-0.3, -0.25) is 24.2 Å². The quantitative estimate of drug-likeness (QED) is 0.314. The van der Waals surface area contributed by atoms with Crippen molar-refractivity contribution >= 4 is 17.5 Å². The van der Waals surface area contributed by atoms with E-state index in [2.05, 4.69) is 16.8 Å². The van der Waals surface area contributed by atoms with Gasteiger partial charge in [0.25, 0.3) is 5.91 Å². The number of aromatic hydroxyl groups is 1. The average molecular weight is 593 g/mol. The number of hydrogen-bond donors (Lipinski definition) is 5. The monoisotopic (exact) mass is 592 g/mol. The first-order valence-electron chi connectivity index (χ1n) is 14.3. The number of nitrogens with zero attached hydrogens (tertiary/aromatic N) is 3. The van der Waals surface area contributed by atoms with Crippen LogP contribution in [0.2, 0.25) is 0 Å². The number of furan rings is 1. The maximum absolute atomic E-state index is 14.0. The Labute approximate surface area is 248 Å². The van der Waals surface area contributed by atoms with Crippen LogP contribution in [0.5, 0.6) is 5.75 Å². The van der Waals surface area contributed by atoms with Crippen molar-refractivity contribution in [3.63, 3.8) is 0 Å². The molecule has 6 N–H and O–H groups in total. The van der Waals surface area contributed by atoms with Gasteiger partial charge in [-0.05, 0) is 69.7 Å². The standard InChI is InChI=1S/C31H36N4O8/c1-33(2)25-19-13-15-12-18-17(21-7-4-16(43-21)14-35-10-8-34(3)9-11-35)5-6-20(36)23(18)26(37)22(15)28(39)31(19,42)29(40)24(27(25)38)30(32)41/h4-7,15,19,25,36,38-39,42H,8-14H2,1-3H3,(H2,32,41)/t15-,19-,25?,31-/m0/s1. The number of allylic oxidation sites excluding steroid dienone is 1. The predicted octanol–water partition coefficient (Wildman–Crippen LogP) is 1.13. The van der Waals surface area contributed by atoms with E-state index in [0.717, 1.165) is 31.9 Å². The molecule has 1 aromatic heterocycles. The lowest BCUT2D eigenvalue weighted by Gasteiger charge is -2.50. The summed E-state index contributed by atoms with van der Waals surface area (Å²) in [6.45, 7) is 4.43. The molecule has 1 saturated heterocycles. The van der Waals surface area contributed by atoms with E-state index in [4.69, 9.17) is 10.2 Å². The van der Waals surface area contributed by atoms with Crippen LogP contribution in [0.25, 0.3) is 11.3 Å². The third-order valence-corrected chi connectivity index (χ3v) is 9.51. The minimum atomic E-state index is -2.67. The van der Waals surface area contributed by atoms with E-state index >= 15 is 0 Å². The van der Waals surface area contributed by atoms with Crippen LogP contribution in [0.3, 0.4) is 0 Å². The maximum Gasteiger partial charge on any atom is 0.255 e. The fourth-order valence-electron chi connectivity index (χ4n) is 7.32. The first-order chi connectivity index (χ1) is 20.3. The van der Waals surface area contributed by atoms with Gasteiger partial charge in [-0.1, -0.05) is 0 Å². The molecule has 0 radical (unpaired) electrons. The number of Topliss-reactive ketones (excluding diaryl/α,β-unsaturated/α-hetero) is 2. The van der Waals surface area contributed by atoms with Crippen LogP contribution in [0.4, 0.5) is 0 Å². The van der Waals surface area contributed by atoms with Crippen molar-refractivity contribution in [1.82, 2.24) is 14.7 Å². The third kappa shape index (κ3) is 4.39. The summed E-state index contributed by atoms with van der Waals surface area (Å²) in [7, 11) is 5.29. The van der Waals surface area contributed by atoms with E-state index in [1.54, 1.807) is 20.2 Å².